The Hall–Kier alpha value is 0.230. The SMILES string of the molecule is CC1CNCC(CC2CSCCN2C)N1C. The number of rotatable bonds is 2. The van der Waals surface area contributed by atoms with Crippen LogP contribution >= 0.6 is 11.8 Å². The van der Waals surface area contributed by atoms with E-state index in [1.165, 1.54) is 24.5 Å². The van der Waals surface area contributed by atoms with Crippen molar-refractivity contribution in [2.75, 3.05) is 45.2 Å². The van der Waals surface area contributed by atoms with Crippen LogP contribution in [-0.2, 0) is 0 Å². The summed E-state index contributed by atoms with van der Waals surface area (Å²) in [6, 6.07) is 2.17. The average Bonchev–Trinajstić information content (AvgIpc) is 2.28. The number of hydrogen-bond acceptors (Lipinski definition) is 4. The highest BCUT2D eigenvalue weighted by Gasteiger charge is 2.29. The third kappa shape index (κ3) is 2.92. The third-order valence-corrected chi connectivity index (χ3v) is 5.25. The molecule has 3 unspecified atom stereocenters. The number of nitrogens with zero attached hydrogens (tertiary/aromatic N) is 2. The van der Waals surface area contributed by atoms with Crippen molar-refractivity contribution in [3.8, 4) is 0 Å². The second-order valence-corrected chi connectivity index (χ2v) is 6.42. The van der Waals surface area contributed by atoms with Crippen LogP contribution in [0.5, 0.6) is 0 Å². The molecule has 2 fully saturated rings. The molecule has 0 saturated carbocycles. The topological polar surface area (TPSA) is 18.5 Å². The summed E-state index contributed by atoms with van der Waals surface area (Å²) in [5, 5.41) is 3.55. The first-order valence-corrected chi connectivity index (χ1v) is 7.54. The molecule has 0 aliphatic carbocycles. The Labute approximate surface area is 104 Å². The quantitative estimate of drug-likeness (QED) is 0.770. The van der Waals surface area contributed by atoms with Crippen molar-refractivity contribution in [1.29, 1.82) is 0 Å². The summed E-state index contributed by atoms with van der Waals surface area (Å²) >= 11 is 2.12. The number of nitrogens with one attached hydrogen (secondary N) is 1. The number of hydrogen-bond donors (Lipinski definition) is 1. The summed E-state index contributed by atoms with van der Waals surface area (Å²) in [7, 11) is 4.57. The zero-order valence-corrected chi connectivity index (χ0v) is 11.6. The molecule has 0 radical (unpaired) electrons. The summed E-state index contributed by atoms with van der Waals surface area (Å²) in [6.45, 7) is 5.88. The highest BCUT2D eigenvalue weighted by atomic mass is 32.2. The number of thioether (sulfide) groups is 1. The van der Waals surface area contributed by atoms with Crippen LogP contribution in [0, 0.1) is 0 Å². The molecule has 0 amide bonds. The molecule has 2 rings (SSSR count). The molecule has 1 N–H and O–H groups in total. The second kappa shape index (κ2) is 5.71. The third-order valence-electron chi connectivity index (χ3n) is 4.16. The van der Waals surface area contributed by atoms with Crippen LogP contribution in [-0.4, -0.2) is 73.2 Å². The molecular weight excluding hydrogens is 218 g/mol. The van der Waals surface area contributed by atoms with Crippen LogP contribution in [0.1, 0.15) is 13.3 Å². The first-order chi connectivity index (χ1) is 7.68. The lowest BCUT2D eigenvalue weighted by molar-refractivity contribution is 0.108. The van der Waals surface area contributed by atoms with Crippen LogP contribution in [0.2, 0.25) is 0 Å². The van der Waals surface area contributed by atoms with Gasteiger partial charge in [-0.2, -0.15) is 11.8 Å². The second-order valence-electron chi connectivity index (χ2n) is 5.27. The van der Waals surface area contributed by atoms with Gasteiger partial charge in [0.1, 0.15) is 0 Å². The van der Waals surface area contributed by atoms with E-state index in [-0.39, 0.29) is 0 Å². The molecule has 94 valence electrons. The molecule has 0 aromatic rings. The maximum atomic E-state index is 3.55. The van der Waals surface area contributed by atoms with Crippen LogP contribution < -0.4 is 5.32 Å². The maximum absolute atomic E-state index is 3.55. The van der Waals surface area contributed by atoms with Gasteiger partial charge in [-0.1, -0.05) is 0 Å². The number of piperazine rings is 1. The van der Waals surface area contributed by atoms with E-state index in [4.69, 9.17) is 0 Å². The molecule has 0 aromatic carbocycles. The van der Waals surface area contributed by atoms with E-state index in [2.05, 4.69) is 47.9 Å². The lowest BCUT2D eigenvalue weighted by atomic mass is 10.0. The molecule has 0 bridgehead atoms. The smallest absolute Gasteiger partial charge is 0.0236 e. The van der Waals surface area contributed by atoms with Gasteiger partial charge in [0.25, 0.3) is 0 Å². The Morgan fingerprint density at radius 3 is 2.81 bits per heavy atom. The lowest BCUT2D eigenvalue weighted by Crippen LogP contribution is -2.56. The van der Waals surface area contributed by atoms with Crippen molar-refractivity contribution in [2.24, 2.45) is 0 Å². The van der Waals surface area contributed by atoms with Crippen molar-refractivity contribution >= 4 is 11.8 Å². The minimum absolute atomic E-state index is 0.681. The van der Waals surface area contributed by atoms with E-state index in [0.717, 1.165) is 25.2 Å². The van der Waals surface area contributed by atoms with Gasteiger partial charge in [-0.05, 0) is 27.4 Å². The zero-order chi connectivity index (χ0) is 11.5. The molecule has 2 aliphatic heterocycles. The Bertz CT molecular complexity index is 224. The van der Waals surface area contributed by atoms with E-state index in [9.17, 15) is 0 Å². The first kappa shape index (κ1) is 12.7. The average molecular weight is 243 g/mol. The molecule has 2 aliphatic rings. The monoisotopic (exact) mass is 243 g/mol. The van der Waals surface area contributed by atoms with Gasteiger partial charge in [-0.15, -0.1) is 0 Å². The Balaban J connectivity index is 1.87. The molecule has 3 atom stereocenters. The highest BCUT2D eigenvalue weighted by molar-refractivity contribution is 7.99. The molecule has 3 nitrogen and oxygen atoms in total. The van der Waals surface area contributed by atoms with Gasteiger partial charge in [0.05, 0.1) is 0 Å². The minimum atomic E-state index is 0.681. The largest absolute Gasteiger partial charge is 0.314 e. The molecule has 0 aromatic heterocycles. The lowest BCUT2D eigenvalue weighted by Gasteiger charge is -2.42. The Morgan fingerprint density at radius 1 is 1.25 bits per heavy atom. The van der Waals surface area contributed by atoms with Crippen LogP contribution in [0.3, 0.4) is 0 Å². The van der Waals surface area contributed by atoms with Crippen molar-refractivity contribution < 1.29 is 0 Å². The summed E-state index contributed by atoms with van der Waals surface area (Å²) in [5.74, 6) is 2.62. The fraction of sp³-hybridized carbons (Fsp3) is 1.00. The van der Waals surface area contributed by atoms with E-state index >= 15 is 0 Å². The van der Waals surface area contributed by atoms with Crippen molar-refractivity contribution in [3.05, 3.63) is 0 Å². The first-order valence-electron chi connectivity index (χ1n) is 6.39. The molecular formula is C12H25N3S. The highest BCUT2D eigenvalue weighted by Crippen LogP contribution is 2.21. The fourth-order valence-corrected chi connectivity index (χ4v) is 3.90. The molecule has 2 heterocycles. The van der Waals surface area contributed by atoms with Crippen molar-refractivity contribution in [3.63, 3.8) is 0 Å². The van der Waals surface area contributed by atoms with Gasteiger partial charge in [-0.25, -0.2) is 0 Å². The van der Waals surface area contributed by atoms with E-state index in [0.29, 0.717) is 6.04 Å². The van der Waals surface area contributed by atoms with E-state index < -0.39 is 0 Å². The van der Waals surface area contributed by atoms with Crippen molar-refractivity contribution in [1.82, 2.24) is 15.1 Å². The van der Waals surface area contributed by atoms with Gasteiger partial charge in [0, 0.05) is 49.3 Å². The normalized spacial score (nSPS) is 38.8. The summed E-state index contributed by atoms with van der Waals surface area (Å²) in [6.07, 6.45) is 1.32. The molecule has 0 spiro atoms. The Morgan fingerprint density at radius 2 is 2.06 bits per heavy atom. The zero-order valence-electron chi connectivity index (χ0n) is 10.8. The van der Waals surface area contributed by atoms with Gasteiger partial charge >= 0.3 is 0 Å². The summed E-state index contributed by atoms with van der Waals surface area (Å²) < 4.78 is 0. The number of likely N-dealkylation sites (N-methyl/N-ethyl adjacent to an activating group) is 1. The Kier molecular flexibility index (Phi) is 4.53. The fourth-order valence-electron chi connectivity index (χ4n) is 2.66. The van der Waals surface area contributed by atoms with Gasteiger partial charge in [0.15, 0.2) is 0 Å². The van der Waals surface area contributed by atoms with Crippen molar-refractivity contribution in [2.45, 2.75) is 31.5 Å². The summed E-state index contributed by atoms with van der Waals surface area (Å²) in [5.41, 5.74) is 0. The van der Waals surface area contributed by atoms with Crippen LogP contribution in [0.25, 0.3) is 0 Å². The maximum Gasteiger partial charge on any atom is 0.0236 e. The van der Waals surface area contributed by atoms with E-state index in [1.54, 1.807) is 0 Å². The van der Waals surface area contributed by atoms with Crippen LogP contribution in [0.15, 0.2) is 0 Å². The minimum Gasteiger partial charge on any atom is -0.314 e. The standard InChI is InChI=1S/C12H25N3S/c1-10-7-13-8-11(15(10)3)6-12-9-16-5-4-14(12)2/h10-13H,4-9H2,1-3H3. The predicted molar refractivity (Wildman–Crippen MR) is 72.2 cm³/mol. The van der Waals surface area contributed by atoms with Gasteiger partial charge in [0.2, 0.25) is 0 Å². The molecule has 16 heavy (non-hydrogen) atoms. The summed E-state index contributed by atoms with van der Waals surface area (Å²) in [4.78, 5) is 5.10. The van der Waals surface area contributed by atoms with Crippen LogP contribution in [0.4, 0.5) is 0 Å². The van der Waals surface area contributed by atoms with Gasteiger partial charge < -0.3 is 10.2 Å². The predicted octanol–water partition coefficient (Wildman–Crippen LogP) is 0.716. The van der Waals surface area contributed by atoms with Gasteiger partial charge in [-0.3, -0.25) is 4.90 Å². The molecule has 4 heteroatoms. The molecule has 2 saturated heterocycles. The van der Waals surface area contributed by atoms with E-state index in [1.807, 2.05) is 0 Å².